The van der Waals surface area contributed by atoms with Crippen LogP contribution in [0, 0.1) is 0 Å². The molecule has 1 amide bonds. The van der Waals surface area contributed by atoms with Crippen LogP contribution in [0.1, 0.15) is 28.5 Å². The molecule has 1 aromatic heterocycles. The van der Waals surface area contributed by atoms with Crippen LogP contribution in [0.5, 0.6) is 0 Å². The third kappa shape index (κ3) is 4.46. The standard InChI is InChI=1S/C20H17F3N4O/c1-2-13-7-3-5-9-15(13)25-18(28)17-11-12-24-19(27-17)26-16-10-6-4-8-14(16)20(21,22)23/h3-12H,2H2,1H3,(H,25,28)(H,24,26,27). The number of aromatic nitrogens is 2. The van der Waals surface area contributed by atoms with Crippen LogP contribution in [0.3, 0.4) is 0 Å². The van der Waals surface area contributed by atoms with Crippen molar-refractivity contribution in [2.45, 2.75) is 19.5 Å². The van der Waals surface area contributed by atoms with Gasteiger partial charge < -0.3 is 10.6 Å². The second-order valence-electron chi connectivity index (χ2n) is 5.90. The number of carbonyl (C=O) groups excluding carboxylic acids is 1. The fourth-order valence-corrected chi connectivity index (χ4v) is 2.64. The van der Waals surface area contributed by atoms with Crippen LogP contribution < -0.4 is 10.6 Å². The number of carbonyl (C=O) groups is 1. The highest BCUT2D eigenvalue weighted by Gasteiger charge is 2.33. The number of nitrogens with one attached hydrogen (secondary N) is 2. The summed E-state index contributed by atoms with van der Waals surface area (Å²) in [6.45, 7) is 1.97. The topological polar surface area (TPSA) is 66.9 Å². The molecule has 0 saturated carbocycles. The lowest BCUT2D eigenvalue weighted by Gasteiger charge is -2.14. The Morgan fingerprint density at radius 2 is 1.68 bits per heavy atom. The van der Waals surface area contributed by atoms with Gasteiger partial charge in [-0.3, -0.25) is 4.79 Å². The number of amides is 1. The average molecular weight is 386 g/mol. The van der Waals surface area contributed by atoms with Gasteiger partial charge in [0.15, 0.2) is 0 Å². The monoisotopic (exact) mass is 386 g/mol. The first-order valence-electron chi connectivity index (χ1n) is 8.54. The number of aryl methyl sites for hydroxylation is 1. The molecule has 0 spiro atoms. The largest absolute Gasteiger partial charge is 0.418 e. The highest BCUT2D eigenvalue weighted by Crippen LogP contribution is 2.35. The molecule has 2 aromatic carbocycles. The van der Waals surface area contributed by atoms with E-state index in [1.165, 1.54) is 30.5 Å². The Balaban J connectivity index is 1.83. The zero-order valence-corrected chi connectivity index (χ0v) is 14.9. The molecule has 0 atom stereocenters. The van der Waals surface area contributed by atoms with Crippen molar-refractivity contribution < 1.29 is 18.0 Å². The van der Waals surface area contributed by atoms with Crippen molar-refractivity contribution in [1.29, 1.82) is 0 Å². The van der Waals surface area contributed by atoms with Gasteiger partial charge in [-0.05, 0) is 36.2 Å². The van der Waals surface area contributed by atoms with Crippen LogP contribution in [-0.2, 0) is 12.6 Å². The lowest BCUT2D eigenvalue weighted by atomic mass is 10.1. The van der Waals surface area contributed by atoms with Gasteiger partial charge in [0, 0.05) is 11.9 Å². The van der Waals surface area contributed by atoms with Gasteiger partial charge in [0.1, 0.15) is 5.69 Å². The second-order valence-corrected chi connectivity index (χ2v) is 5.90. The molecule has 0 bridgehead atoms. The minimum absolute atomic E-state index is 0.0351. The third-order valence-electron chi connectivity index (χ3n) is 4.01. The first kappa shape index (κ1) is 19.3. The van der Waals surface area contributed by atoms with Crippen molar-refractivity contribution in [2.75, 3.05) is 10.6 Å². The van der Waals surface area contributed by atoms with E-state index in [9.17, 15) is 18.0 Å². The zero-order chi connectivity index (χ0) is 20.1. The quantitative estimate of drug-likeness (QED) is 0.644. The predicted molar refractivity (Wildman–Crippen MR) is 101 cm³/mol. The Morgan fingerprint density at radius 1 is 1.00 bits per heavy atom. The number of anilines is 3. The highest BCUT2D eigenvalue weighted by atomic mass is 19.4. The molecule has 8 heteroatoms. The molecule has 144 valence electrons. The molecule has 3 rings (SSSR count). The maximum absolute atomic E-state index is 13.1. The minimum atomic E-state index is -4.53. The van der Waals surface area contributed by atoms with Gasteiger partial charge in [0.05, 0.1) is 11.3 Å². The fraction of sp³-hybridized carbons (Fsp3) is 0.150. The van der Waals surface area contributed by atoms with Gasteiger partial charge in [-0.2, -0.15) is 13.2 Å². The summed E-state index contributed by atoms with van der Waals surface area (Å²) in [5.41, 5.74) is 0.620. The maximum atomic E-state index is 13.1. The van der Waals surface area contributed by atoms with Gasteiger partial charge in [0.25, 0.3) is 5.91 Å². The van der Waals surface area contributed by atoms with Crippen LogP contribution in [0.2, 0.25) is 0 Å². The van der Waals surface area contributed by atoms with Crippen molar-refractivity contribution >= 4 is 23.2 Å². The number of hydrogen-bond donors (Lipinski definition) is 2. The molecule has 5 nitrogen and oxygen atoms in total. The second kappa shape index (κ2) is 8.08. The van der Waals surface area contributed by atoms with Crippen LogP contribution in [0.25, 0.3) is 0 Å². The predicted octanol–water partition coefficient (Wildman–Crippen LogP) is 5.05. The maximum Gasteiger partial charge on any atom is 0.418 e. The summed E-state index contributed by atoms with van der Waals surface area (Å²) in [5.74, 6) is -0.580. The summed E-state index contributed by atoms with van der Waals surface area (Å²) in [6.07, 6.45) is -2.48. The summed E-state index contributed by atoms with van der Waals surface area (Å²) in [5, 5.41) is 5.31. The summed E-state index contributed by atoms with van der Waals surface area (Å²) < 4.78 is 39.4. The Kier molecular flexibility index (Phi) is 5.58. The number of nitrogens with zero attached hydrogens (tertiary/aromatic N) is 2. The Bertz CT molecular complexity index is 989. The first-order valence-corrected chi connectivity index (χ1v) is 8.54. The number of halogens is 3. The van der Waals surface area contributed by atoms with Gasteiger partial charge in [0.2, 0.25) is 5.95 Å². The molecule has 0 fully saturated rings. The van der Waals surface area contributed by atoms with E-state index in [4.69, 9.17) is 0 Å². The van der Waals surface area contributed by atoms with Crippen molar-refractivity contribution in [3.8, 4) is 0 Å². The van der Waals surface area contributed by atoms with E-state index in [0.717, 1.165) is 18.1 Å². The Hall–Kier alpha value is -3.42. The Morgan fingerprint density at radius 3 is 2.39 bits per heavy atom. The van der Waals surface area contributed by atoms with Gasteiger partial charge in [-0.25, -0.2) is 9.97 Å². The SMILES string of the molecule is CCc1ccccc1NC(=O)c1ccnc(Nc2ccccc2C(F)(F)F)n1. The molecule has 0 aliphatic carbocycles. The van der Waals surface area contributed by atoms with Gasteiger partial charge in [-0.15, -0.1) is 0 Å². The summed E-state index contributed by atoms with van der Waals surface area (Å²) in [6, 6.07) is 13.7. The van der Waals surface area contributed by atoms with Crippen LogP contribution in [0.15, 0.2) is 60.8 Å². The molecule has 0 radical (unpaired) electrons. The molecule has 1 heterocycles. The lowest BCUT2D eigenvalue weighted by Crippen LogP contribution is -2.16. The summed E-state index contributed by atoms with van der Waals surface area (Å²) in [4.78, 5) is 20.5. The molecule has 28 heavy (non-hydrogen) atoms. The number of rotatable bonds is 5. The van der Waals surface area contributed by atoms with Crippen LogP contribution in [-0.4, -0.2) is 15.9 Å². The number of benzene rings is 2. The van der Waals surface area contributed by atoms with E-state index in [1.807, 2.05) is 19.1 Å². The first-order chi connectivity index (χ1) is 13.4. The van der Waals surface area contributed by atoms with E-state index in [0.29, 0.717) is 5.69 Å². The number of para-hydroxylation sites is 2. The lowest BCUT2D eigenvalue weighted by molar-refractivity contribution is -0.136. The van der Waals surface area contributed by atoms with Gasteiger partial charge in [-0.1, -0.05) is 37.3 Å². The minimum Gasteiger partial charge on any atom is -0.324 e. The van der Waals surface area contributed by atoms with E-state index < -0.39 is 17.6 Å². The molecular formula is C20H17F3N4O. The van der Waals surface area contributed by atoms with Crippen LogP contribution >= 0.6 is 0 Å². The van der Waals surface area contributed by atoms with E-state index in [1.54, 1.807) is 12.1 Å². The van der Waals surface area contributed by atoms with Crippen molar-refractivity contribution in [3.63, 3.8) is 0 Å². The zero-order valence-electron chi connectivity index (χ0n) is 14.9. The molecule has 0 aliphatic heterocycles. The van der Waals surface area contributed by atoms with Crippen molar-refractivity contribution in [2.24, 2.45) is 0 Å². The third-order valence-corrected chi connectivity index (χ3v) is 4.01. The molecule has 3 aromatic rings. The van der Waals surface area contributed by atoms with E-state index in [2.05, 4.69) is 20.6 Å². The molecule has 0 unspecified atom stereocenters. The molecule has 0 saturated heterocycles. The van der Waals surface area contributed by atoms with E-state index >= 15 is 0 Å². The molecule has 2 N–H and O–H groups in total. The van der Waals surface area contributed by atoms with Crippen molar-refractivity contribution in [1.82, 2.24) is 9.97 Å². The fourth-order valence-electron chi connectivity index (χ4n) is 2.64. The number of hydrogen-bond acceptors (Lipinski definition) is 4. The number of alkyl halides is 3. The Labute approximate surface area is 159 Å². The highest BCUT2D eigenvalue weighted by molar-refractivity contribution is 6.03. The van der Waals surface area contributed by atoms with Crippen LogP contribution in [0.4, 0.5) is 30.5 Å². The molecular weight excluding hydrogens is 369 g/mol. The summed E-state index contributed by atoms with van der Waals surface area (Å²) in [7, 11) is 0. The molecule has 0 aliphatic rings. The van der Waals surface area contributed by atoms with E-state index in [-0.39, 0.29) is 17.3 Å². The smallest absolute Gasteiger partial charge is 0.324 e. The normalized spacial score (nSPS) is 11.1. The van der Waals surface area contributed by atoms with Crippen molar-refractivity contribution in [3.05, 3.63) is 77.6 Å². The summed E-state index contributed by atoms with van der Waals surface area (Å²) >= 11 is 0. The average Bonchev–Trinajstić information content (AvgIpc) is 2.68. The van der Waals surface area contributed by atoms with Gasteiger partial charge >= 0.3 is 6.18 Å².